The molecule has 0 aliphatic carbocycles. The van der Waals surface area contributed by atoms with Crippen LogP contribution in [-0.4, -0.2) is 24.1 Å². The molecule has 1 rings (SSSR count). The number of rotatable bonds is 4. The molecule has 0 radical (unpaired) electrons. The van der Waals surface area contributed by atoms with Crippen LogP contribution in [-0.2, 0) is 4.79 Å². The van der Waals surface area contributed by atoms with Gasteiger partial charge in [-0.3, -0.25) is 4.79 Å². The summed E-state index contributed by atoms with van der Waals surface area (Å²) in [6.45, 7) is 0. The smallest absolute Gasteiger partial charge is 0.335 e. The molecule has 0 aliphatic heterocycles. The first-order valence-electron chi connectivity index (χ1n) is 4.43. The van der Waals surface area contributed by atoms with Gasteiger partial charge in [0, 0.05) is 11.6 Å². The maximum atomic E-state index is 10.7. The lowest BCUT2D eigenvalue weighted by atomic mass is 10.1. The van der Waals surface area contributed by atoms with Crippen LogP contribution >= 0.6 is 0 Å². The lowest BCUT2D eigenvalue weighted by molar-refractivity contribution is -0.113. The van der Waals surface area contributed by atoms with E-state index < -0.39 is 11.9 Å². The van der Waals surface area contributed by atoms with Crippen molar-refractivity contribution in [2.75, 3.05) is 7.11 Å². The van der Waals surface area contributed by atoms with E-state index in [-0.39, 0.29) is 5.56 Å². The number of benzene rings is 1. The van der Waals surface area contributed by atoms with E-state index in [9.17, 15) is 9.59 Å². The molecule has 0 aliphatic rings. The summed E-state index contributed by atoms with van der Waals surface area (Å²) >= 11 is 0. The van der Waals surface area contributed by atoms with Gasteiger partial charge in [-0.05, 0) is 24.3 Å². The van der Waals surface area contributed by atoms with Crippen molar-refractivity contribution in [2.24, 2.45) is 5.73 Å². The van der Waals surface area contributed by atoms with E-state index >= 15 is 0 Å². The molecule has 5 nitrogen and oxygen atoms in total. The van der Waals surface area contributed by atoms with Crippen molar-refractivity contribution < 1.29 is 19.4 Å². The molecule has 0 spiro atoms. The average molecular weight is 221 g/mol. The van der Waals surface area contributed by atoms with Gasteiger partial charge in [0.25, 0.3) is 0 Å². The average Bonchev–Trinajstić information content (AvgIpc) is 2.25. The number of hydrogen-bond acceptors (Lipinski definition) is 3. The van der Waals surface area contributed by atoms with Crippen molar-refractivity contribution in [3.8, 4) is 5.75 Å². The number of ether oxygens (including phenoxy) is 1. The fourth-order valence-electron chi connectivity index (χ4n) is 1.17. The van der Waals surface area contributed by atoms with E-state index in [0.29, 0.717) is 11.3 Å². The molecule has 0 bridgehead atoms. The Morgan fingerprint density at radius 1 is 1.44 bits per heavy atom. The van der Waals surface area contributed by atoms with Crippen LogP contribution in [0.3, 0.4) is 0 Å². The van der Waals surface area contributed by atoms with Crippen molar-refractivity contribution in [3.05, 3.63) is 35.4 Å². The number of nitrogens with two attached hydrogens (primary N) is 1. The van der Waals surface area contributed by atoms with E-state index in [1.807, 2.05) is 0 Å². The number of aromatic carboxylic acids is 1. The number of carboxylic acid groups (broad SMARTS) is 1. The molecule has 0 fully saturated rings. The van der Waals surface area contributed by atoms with Crippen LogP contribution < -0.4 is 10.5 Å². The topological polar surface area (TPSA) is 89.6 Å². The number of carbonyl (C=O) groups is 2. The maximum absolute atomic E-state index is 10.7. The molecule has 0 atom stereocenters. The third-order valence-electron chi connectivity index (χ3n) is 1.90. The molecule has 1 aromatic carbocycles. The summed E-state index contributed by atoms with van der Waals surface area (Å²) in [5, 5.41) is 8.79. The minimum atomic E-state index is -1.05. The van der Waals surface area contributed by atoms with Crippen LogP contribution in [0.25, 0.3) is 6.08 Å². The third kappa shape index (κ3) is 2.84. The normalized spacial score (nSPS) is 10.3. The Balaban J connectivity index is 3.16. The van der Waals surface area contributed by atoms with Gasteiger partial charge in [0.05, 0.1) is 12.7 Å². The Kier molecular flexibility index (Phi) is 3.66. The molecule has 0 saturated carbocycles. The van der Waals surface area contributed by atoms with Gasteiger partial charge in [0.15, 0.2) is 0 Å². The number of carbonyl (C=O) groups excluding carboxylic acids is 1. The Labute approximate surface area is 92.1 Å². The maximum Gasteiger partial charge on any atom is 0.335 e. The SMILES string of the molecule is COc1ccc(C(=O)O)cc1C=CC(N)=O. The molecule has 84 valence electrons. The van der Waals surface area contributed by atoms with Crippen molar-refractivity contribution in [1.82, 2.24) is 0 Å². The predicted octanol–water partition coefficient (Wildman–Crippen LogP) is 0.892. The van der Waals surface area contributed by atoms with Gasteiger partial charge in [-0.15, -0.1) is 0 Å². The van der Waals surface area contributed by atoms with Crippen LogP contribution in [0.5, 0.6) is 5.75 Å². The van der Waals surface area contributed by atoms with E-state index in [1.54, 1.807) is 0 Å². The summed E-state index contributed by atoms with van der Waals surface area (Å²) in [6, 6.07) is 4.34. The van der Waals surface area contributed by atoms with E-state index in [4.69, 9.17) is 15.6 Å². The Morgan fingerprint density at radius 2 is 2.12 bits per heavy atom. The molecule has 1 aromatic rings. The molecule has 0 heterocycles. The molecule has 0 aromatic heterocycles. The highest BCUT2D eigenvalue weighted by molar-refractivity contribution is 5.92. The van der Waals surface area contributed by atoms with Crippen LogP contribution in [0.15, 0.2) is 24.3 Å². The van der Waals surface area contributed by atoms with Crippen molar-refractivity contribution >= 4 is 18.0 Å². The predicted molar refractivity (Wildman–Crippen MR) is 58.2 cm³/mol. The molecular formula is C11H11NO4. The van der Waals surface area contributed by atoms with Gasteiger partial charge in [-0.1, -0.05) is 0 Å². The van der Waals surface area contributed by atoms with Gasteiger partial charge in [0.2, 0.25) is 5.91 Å². The molecular weight excluding hydrogens is 210 g/mol. The first-order chi connectivity index (χ1) is 7.54. The van der Waals surface area contributed by atoms with Crippen molar-refractivity contribution in [2.45, 2.75) is 0 Å². The first-order valence-corrected chi connectivity index (χ1v) is 4.43. The second kappa shape index (κ2) is 4.97. The standard InChI is InChI=1S/C11H11NO4/c1-16-9-4-2-8(11(14)15)6-7(9)3-5-10(12)13/h2-6H,1H3,(H2,12,13)(H,14,15). The lowest BCUT2D eigenvalue weighted by Crippen LogP contribution is -2.05. The van der Waals surface area contributed by atoms with Crippen LogP contribution in [0.1, 0.15) is 15.9 Å². The quantitative estimate of drug-likeness (QED) is 0.739. The summed E-state index contributed by atoms with van der Waals surface area (Å²) < 4.78 is 5.02. The fraction of sp³-hybridized carbons (Fsp3) is 0.0909. The molecule has 1 amide bonds. The summed E-state index contributed by atoms with van der Waals surface area (Å²) in [6.07, 6.45) is 2.55. The Hall–Kier alpha value is -2.30. The monoisotopic (exact) mass is 221 g/mol. The number of hydrogen-bond donors (Lipinski definition) is 2. The number of amides is 1. The summed E-state index contributed by atoms with van der Waals surface area (Å²) in [7, 11) is 1.46. The Bertz CT molecular complexity index is 451. The number of carboxylic acids is 1. The van der Waals surface area contributed by atoms with Crippen LogP contribution in [0.4, 0.5) is 0 Å². The zero-order chi connectivity index (χ0) is 12.1. The van der Waals surface area contributed by atoms with E-state index in [2.05, 4.69) is 0 Å². The number of primary amides is 1. The van der Waals surface area contributed by atoms with Gasteiger partial charge in [0.1, 0.15) is 5.75 Å². The van der Waals surface area contributed by atoms with Crippen molar-refractivity contribution in [3.63, 3.8) is 0 Å². The molecule has 16 heavy (non-hydrogen) atoms. The van der Waals surface area contributed by atoms with E-state index in [1.165, 1.54) is 31.4 Å². The van der Waals surface area contributed by atoms with Crippen LogP contribution in [0, 0.1) is 0 Å². The first kappa shape index (κ1) is 11.8. The molecule has 3 N–H and O–H groups in total. The number of methoxy groups -OCH3 is 1. The largest absolute Gasteiger partial charge is 0.496 e. The second-order valence-corrected chi connectivity index (χ2v) is 3.00. The van der Waals surface area contributed by atoms with E-state index in [0.717, 1.165) is 6.08 Å². The molecule has 0 unspecified atom stereocenters. The lowest BCUT2D eigenvalue weighted by Gasteiger charge is -2.05. The summed E-state index contributed by atoms with van der Waals surface area (Å²) in [5.41, 5.74) is 5.55. The third-order valence-corrected chi connectivity index (χ3v) is 1.90. The fourth-order valence-corrected chi connectivity index (χ4v) is 1.17. The Morgan fingerprint density at radius 3 is 2.62 bits per heavy atom. The second-order valence-electron chi connectivity index (χ2n) is 3.00. The highest BCUT2D eigenvalue weighted by Gasteiger charge is 2.06. The molecule has 0 saturated heterocycles. The van der Waals surface area contributed by atoms with Gasteiger partial charge >= 0.3 is 5.97 Å². The summed E-state index contributed by atoms with van der Waals surface area (Å²) in [5.74, 6) is -1.18. The highest BCUT2D eigenvalue weighted by atomic mass is 16.5. The van der Waals surface area contributed by atoms with Gasteiger partial charge in [-0.2, -0.15) is 0 Å². The minimum Gasteiger partial charge on any atom is -0.496 e. The van der Waals surface area contributed by atoms with Crippen molar-refractivity contribution in [1.29, 1.82) is 0 Å². The summed E-state index contributed by atoms with van der Waals surface area (Å²) in [4.78, 5) is 21.3. The highest BCUT2D eigenvalue weighted by Crippen LogP contribution is 2.21. The zero-order valence-corrected chi connectivity index (χ0v) is 8.64. The van der Waals surface area contributed by atoms with Crippen LogP contribution in [0.2, 0.25) is 0 Å². The molecule has 5 heteroatoms. The zero-order valence-electron chi connectivity index (χ0n) is 8.64. The minimum absolute atomic E-state index is 0.116. The van der Waals surface area contributed by atoms with Gasteiger partial charge < -0.3 is 15.6 Å². The van der Waals surface area contributed by atoms with Gasteiger partial charge in [-0.25, -0.2) is 4.79 Å².